The number of amides is 1. The number of nitrogens with zero attached hydrogens (tertiary/aromatic N) is 1. The Morgan fingerprint density at radius 2 is 2.19 bits per heavy atom. The molecule has 0 aliphatic heterocycles. The first-order valence-corrected chi connectivity index (χ1v) is 6.62. The minimum absolute atomic E-state index is 0.168. The van der Waals surface area contributed by atoms with Crippen molar-refractivity contribution in [2.24, 2.45) is 0 Å². The van der Waals surface area contributed by atoms with Gasteiger partial charge in [0.25, 0.3) is 5.91 Å². The molecule has 0 bridgehead atoms. The normalized spacial score (nSPS) is 10.5. The van der Waals surface area contributed by atoms with Gasteiger partial charge < -0.3 is 15.0 Å². The maximum absolute atomic E-state index is 12.2. The van der Waals surface area contributed by atoms with E-state index >= 15 is 0 Å². The highest BCUT2D eigenvalue weighted by Crippen LogP contribution is 2.25. The molecule has 3 rings (SSSR count). The van der Waals surface area contributed by atoms with Gasteiger partial charge in [-0.1, -0.05) is 18.2 Å². The molecule has 0 atom stereocenters. The van der Waals surface area contributed by atoms with Crippen LogP contribution in [0.15, 0.2) is 48.7 Å². The number of carbonyl (C=O) groups is 1. The van der Waals surface area contributed by atoms with E-state index in [2.05, 4.69) is 15.3 Å². The number of hydrogen-bond donors (Lipinski definition) is 2. The SMILES string of the molecule is COc1cccc2cc(C(=O)NCc3ccccn3)[nH]c12. The van der Waals surface area contributed by atoms with Crippen molar-refractivity contribution < 1.29 is 9.53 Å². The minimum atomic E-state index is -0.168. The van der Waals surface area contributed by atoms with Gasteiger partial charge in [0.05, 0.1) is 24.9 Å². The molecule has 2 heterocycles. The summed E-state index contributed by atoms with van der Waals surface area (Å²) in [5.74, 6) is 0.551. The first kappa shape index (κ1) is 13.2. The molecule has 0 aliphatic carbocycles. The van der Waals surface area contributed by atoms with Crippen molar-refractivity contribution in [3.63, 3.8) is 0 Å². The summed E-state index contributed by atoms with van der Waals surface area (Å²) in [6.07, 6.45) is 1.70. The van der Waals surface area contributed by atoms with Crippen LogP contribution in [-0.4, -0.2) is 23.0 Å². The first-order valence-electron chi connectivity index (χ1n) is 6.62. The Morgan fingerprint density at radius 3 is 2.95 bits per heavy atom. The third kappa shape index (κ3) is 2.72. The maximum atomic E-state index is 12.2. The molecule has 0 fully saturated rings. The smallest absolute Gasteiger partial charge is 0.268 e. The van der Waals surface area contributed by atoms with Crippen LogP contribution in [0.1, 0.15) is 16.2 Å². The summed E-state index contributed by atoms with van der Waals surface area (Å²) in [6, 6.07) is 13.1. The van der Waals surface area contributed by atoms with Crippen molar-refractivity contribution in [1.29, 1.82) is 0 Å². The number of aromatic amines is 1. The van der Waals surface area contributed by atoms with Gasteiger partial charge in [0.15, 0.2) is 0 Å². The fourth-order valence-corrected chi connectivity index (χ4v) is 2.19. The predicted molar refractivity (Wildman–Crippen MR) is 80.3 cm³/mol. The molecule has 1 amide bonds. The molecule has 0 aliphatic rings. The van der Waals surface area contributed by atoms with Crippen LogP contribution in [0.3, 0.4) is 0 Å². The number of hydrogen-bond acceptors (Lipinski definition) is 3. The van der Waals surface area contributed by atoms with Gasteiger partial charge in [-0.25, -0.2) is 0 Å². The van der Waals surface area contributed by atoms with Crippen molar-refractivity contribution in [3.05, 3.63) is 60.0 Å². The Labute approximate surface area is 122 Å². The summed E-state index contributed by atoms with van der Waals surface area (Å²) in [5.41, 5.74) is 2.15. The highest BCUT2D eigenvalue weighted by molar-refractivity contribution is 5.99. The van der Waals surface area contributed by atoms with Gasteiger partial charge in [-0.05, 0) is 24.3 Å². The van der Waals surface area contributed by atoms with E-state index in [1.54, 1.807) is 13.3 Å². The van der Waals surface area contributed by atoms with Gasteiger partial charge in [-0.2, -0.15) is 0 Å². The fourth-order valence-electron chi connectivity index (χ4n) is 2.19. The second-order valence-electron chi connectivity index (χ2n) is 4.61. The van der Waals surface area contributed by atoms with Crippen molar-refractivity contribution in [2.75, 3.05) is 7.11 Å². The molecule has 5 nitrogen and oxygen atoms in total. The molecule has 0 spiro atoms. The van der Waals surface area contributed by atoms with Crippen LogP contribution in [-0.2, 0) is 6.54 Å². The van der Waals surface area contributed by atoms with Crippen LogP contribution in [0.5, 0.6) is 5.75 Å². The first-order chi connectivity index (χ1) is 10.3. The van der Waals surface area contributed by atoms with Crippen molar-refractivity contribution in [1.82, 2.24) is 15.3 Å². The topological polar surface area (TPSA) is 67.0 Å². The van der Waals surface area contributed by atoms with Gasteiger partial charge >= 0.3 is 0 Å². The van der Waals surface area contributed by atoms with Gasteiger partial charge in [-0.3, -0.25) is 9.78 Å². The molecule has 0 unspecified atom stereocenters. The summed E-state index contributed by atoms with van der Waals surface area (Å²) in [5, 5.41) is 3.78. The second-order valence-corrected chi connectivity index (χ2v) is 4.61. The molecule has 106 valence electrons. The zero-order valence-corrected chi connectivity index (χ0v) is 11.6. The van der Waals surface area contributed by atoms with Gasteiger partial charge in [-0.15, -0.1) is 0 Å². The molecular weight excluding hydrogens is 266 g/mol. The van der Waals surface area contributed by atoms with E-state index in [0.717, 1.165) is 22.3 Å². The number of methoxy groups -OCH3 is 1. The monoisotopic (exact) mass is 281 g/mol. The minimum Gasteiger partial charge on any atom is -0.495 e. The zero-order chi connectivity index (χ0) is 14.7. The summed E-state index contributed by atoms with van der Waals surface area (Å²) < 4.78 is 5.28. The van der Waals surface area contributed by atoms with E-state index in [1.807, 2.05) is 42.5 Å². The number of nitrogens with one attached hydrogen (secondary N) is 2. The number of ether oxygens (including phenoxy) is 1. The number of rotatable bonds is 4. The second kappa shape index (κ2) is 5.66. The molecule has 2 aromatic heterocycles. The number of pyridine rings is 1. The molecular formula is C16H15N3O2. The summed E-state index contributed by atoms with van der Waals surface area (Å²) in [7, 11) is 1.61. The van der Waals surface area contributed by atoms with E-state index in [4.69, 9.17) is 4.74 Å². The third-order valence-corrected chi connectivity index (χ3v) is 3.24. The molecule has 0 radical (unpaired) electrons. The predicted octanol–water partition coefficient (Wildman–Crippen LogP) is 2.50. The Bertz CT molecular complexity index is 766. The number of carbonyl (C=O) groups excluding carboxylic acids is 1. The third-order valence-electron chi connectivity index (χ3n) is 3.24. The van der Waals surface area contributed by atoms with E-state index in [0.29, 0.717) is 12.2 Å². The van der Waals surface area contributed by atoms with Crippen LogP contribution in [0.25, 0.3) is 10.9 Å². The fraction of sp³-hybridized carbons (Fsp3) is 0.125. The van der Waals surface area contributed by atoms with Crippen LogP contribution >= 0.6 is 0 Å². The summed E-state index contributed by atoms with van der Waals surface area (Å²) >= 11 is 0. The lowest BCUT2D eigenvalue weighted by atomic mass is 10.2. The van der Waals surface area contributed by atoms with E-state index < -0.39 is 0 Å². The lowest BCUT2D eigenvalue weighted by molar-refractivity contribution is 0.0946. The average Bonchev–Trinajstić information content (AvgIpc) is 2.97. The Morgan fingerprint density at radius 1 is 1.29 bits per heavy atom. The van der Waals surface area contributed by atoms with Gasteiger partial charge in [0.1, 0.15) is 11.4 Å². The van der Waals surface area contributed by atoms with Crippen LogP contribution < -0.4 is 10.1 Å². The number of H-pyrrole nitrogens is 1. The van der Waals surface area contributed by atoms with Gasteiger partial charge in [0, 0.05) is 11.6 Å². The van der Waals surface area contributed by atoms with Crippen molar-refractivity contribution in [3.8, 4) is 5.75 Å². The Balaban J connectivity index is 1.79. The van der Waals surface area contributed by atoms with Crippen LogP contribution in [0.2, 0.25) is 0 Å². The Kier molecular flexibility index (Phi) is 3.55. The molecule has 5 heteroatoms. The molecule has 2 N–H and O–H groups in total. The average molecular weight is 281 g/mol. The van der Waals surface area contributed by atoms with Gasteiger partial charge in [0.2, 0.25) is 0 Å². The van der Waals surface area contributed by atoms with E-state index in [-0.39, 0.29) is 5.91 Å². The number of fused-ring (bicyclic) bond motifs is 1. The summed E-state index contributed by atoms with van der Waals surface area (Å²) in [4.78, 5) is 19.4. The highest BCUT2D eigenvalue weighted by Gasteiger charge is 2.11. The number of aromatic nitrogens is 2. The van der Waals surface area contributed by atoms with Crippen molar-refractivity contribution in [2.45, 2.75) is 6.54 Å². The molecule has 0 saturated heterocycles. The number of benzene rings is 1. The zero-order valence-electron chi connectivity index (χ0n) is 11.6. The lowest BCUT2D eigenvalue weighted by Gasteiger charge is -2.03. The molecule has 1 aromatic carbocycles. The molecule has 21 heavy (non-hydrogen) atoms. The van der Waals surface area contributed by atoms with Crippen molar-refractivity contribution >= 4 is 16.8 Å². The number of para-hydroxylation sites is 1. The molecule has 3 aromatic rings. The maximum Gasteiger partial charge on any atom is 0.268 e. The molecule has 0 saturated carbocycles. The summed E-state index contributed by atoms with van der Waals surface area (Å²) in [6.45, 7) is 0.395. The van der Waals surface area contributed by atoms with Crippen LogP contribution in [0, 0.1) is 0 Å². The standard InChI is InChI=1S/C16H15N3O2/c1-21-14-7-4-5-11-9-13(19-15(11)14)16(20)18-10-12-6-2-3-8-17-12/h2-9,19H,10H2,1H3,(H,18,20). The van der Waals surface area contributed by atoms with E-state index in [1.165, 1.54) is 0 Å². The highest BCUT2D eigenvalue weighted by atomic mass is 16.5. The van der Waals surface area contributed by atoms with E-state index in [9.17, 15) is 4.79 Å². The van der Waals surface area contributed by atoms with Crippen LogP contribution in [0.4, 0.5) is 0 Å². The quantitative estimate of drug-likeness (QED) is 0.772. The Hall–Kier alpha value is -2.82. The largest absolute Gasteiger partial charge is 0.495 e. The lowest BCUT2D eigenvalue weighted by Crippen LogP contribution is -2.23.